The third-order valence-corrected chi connectivity index (χ3v) is 6.60. The summed E-state index contributed by atoms with van der Waals surface area (Å²) in [7, 11) is 0. The van der Waals surface area contributed by atoms with Gasteiger partial charge < -0.3 is 15.4 Å². The van der Waals surface area contributed by atoms with Crippen LogP contribution in [-0.2, 0) is 11.3 Å². The number of nitrogens with one attached hydrogen (secondary N) is 3. The van der Waals surface area contributed by atoms with Gasteiger partial charge in [0.05, 0.1) is 30.8 Å². The second-order valence-corrected chi connectivity index (χ2v) is 8.98. The molecule has 1 saturated heterocycles. The Kier molecular flexibility index (Phi) is 5.85. The zero-order valence-corrected chi connectivity index (χ0v) is 18.5. The summed E-state index contributed by atoms with van der Waals surface area (Å²) < 4.78 is 6.55. The maximum Gasteiger partial charge on any atom is 0.275 e. The molecule has 0 bridgehead atoms. The van der Waals surface area contributed by atoms with Crippen LogP contribution in [0.25, 0.3) is 10.1 Å². The van der Waals surface area contributed by atoms with Crippen molar-refractivity contribution in [2.24, 2.45) is 0 Å². The zero-order chi connectivity index (χ0) is 21.9. The number of carbonyl (C=O) groups is 1. The number of morpholine rings is 1. The number of aromatic amines is 1. The van der Waals surface area contributed by atoms with Crippen LogP contribution < -0.4 is 10.6 Å². The third-order valence-electron chi connectivity index (χ3n) is 5.51. The maximum absolute atomic E-state index is 12.9. The molecule has 3 aromatic heterocycles. The van der Waals surface area contributed by atoms with Gasteiger partial charge in [-0.1, -0.05) is 12.1 Å². The standard InChI is InChI=1S/C23H24N6O2S/c1-15-21(18-12-24-7-6-20(18)32-15)27-19-13-25-28-22(19)23(30)26-17-4-2-16(3-5-17)14-29-8-10-31-11-9-29/h2-7,12-13,27H,8-11,14H2,1H3,(H,25,28)(H,26,30). The number of pyridine rings is 1. The minimum atomic E-state index is -0.249. The van der Waals surface area contributed by atoms with Gasteiger partial charge in [-0.05, 0) is 30.7 Å². The molecule has 4 aromatic rings. The molecule has 9 heteroatoms. The van der Waals surface area contributed by atoms with Crippen molar-refractivity contribution in [1.29, 1.82) is 0 Å². The average molecular weight is 449 g/mol. The Hall–Kier alpha value is -3.27. The highest BCUT2D eigenvalue weighted by molar-refractivity contribution is 7.19. The molecule has 0 atom stereocenters. The maximum atomic E-state index is 12.9. The van der Waals surface area contributed by atoms with Gasteiger partial charge in [0, 0.05) is 52.7 Å². The molecule has 1 fully saturated rings. The number of H-pyrrole nitrogens is 1. The van der Waals surface area contributed by atoms with Crippen molar-refractivity contribution in [3.63, 3.8) is 0 Å². The Morgan fingerprint density at radius 2 is 2.00 bits per heavy atom. The molecule has 1 aromatic carbocycles. The normalized spacial score (nSPS) is 14.5. The number of rotatable bonds is 6. The van der Waals surface area contributed by atoms with E-state index in [1.807, 2.05) is 43.5 Å². The first-order valence-corrected chi connectivity index (χ1v) is 11.3. The molecular weight excluding hydrogens is 424 g/mol. The Morgan fingerprint density at radius 3 is 2.81 bits per heavy atom. The molecule has 0 radical (unpaired) electrons. The van der Waals surface area contributed by atoms with E-state index in [0.717, 1.165) is 59.2 Å². The molecule has 164 valence electrons. The summed E-state index contributed by atoms with van der Waals surface area (Å²) in [5.74, 6) is -0.249. The molecule has 3 N–H and O–H groups in total. The molecule has 0 unspecified atom stereocenters. The predicted molar refractivity (Wildman–Crippen MR) is 127 cm³/mol. The van der Waals surface area contributed by atoms with E-state index in [-0.39, 0.29) is 5.91 Å². The first-order chi connectivity index (χ1) is 15.7. The van der Waals surface area contributed by atoms with Crippen molar-refractivity contribution >= 4 is 44.4 Å². The van der Waals surface area contributed by atoms with E-state index < -0.39 is 0 Å². The molecule has 1 aliphatic heterocycles. The van der Waals surface area contributed by atoms with Crippen LogP contribution in [0, 0.1) is 6.92 Å². The molecule has 8 nitrogen and oxygen atoms in total. The number of anilines is 3. The lowest BCUT2D eigenvalue weighted by molar-refractivity contribution is 0.0342. The number of thiophene rings is 1. The monoisotopic (exact) mass is 448 g/mol. The van der Waals surface area contributed by atoms with Crippen molar-refractivity contribution < 1.29 is 9.53 Å². The van der Waals surface area contributed by atoms with Crippen LogP contribution in [0.3, 0.4) is 0 Å². The first kappa shape index (κ1) is 20.6. The van der Waals surface area contributed by atoms with Crippen LogP contribution >= 0.6 is 11.3 Å². The van der Waals surface area contributed by atoms with Gasteiger partial charge in [-0.25, -0.2) is 0 Å². The fourth-order valence-electron chi connectivity index (χ4n) is 3.81. The summed E-state index contributed by atoms with van der Waals surface area (Å²) in [6, 6.07) is 9.94. The molecule has 1 aliphatic rings. The molecule has 1 amide bonds. The average Bonchev–Trinajstić information content (AvgIpc) is 3.40. The van der Waals surface area contributed by atoms with E-state index >= 15 is 0 Å². The SMILES string of the molecule is Cc1sc2ccncc2c1Nc1cn[nH]c1C(=O)Nc1ccc(CN2CCOCC2)cc1. The van der Waals surface area contributed by atoms with Crippen LogP contribution in [0.5, 0.6) is 0 Å². The van der Waals surface area contributed by atoms with Gasteiger partial charge in [-0.2, -0.15) is 5.10 Å². The zero-order valence-electron chi connectivity index (χ0n) is 17.7. The van der Waals surface area contributed by atoms with Crippen LogP contribution in [0.1, 0.15) is 20.9 Å². The second-order valence-electron chi connectivity index (χ2n) is 7.73. The second kappa shape index (κ2) is 9.07. The van der Waals surface area contributed by atoms with Crippen molar-refractivity contribution in [3.05, 3.63) is 65.1 Å². The fourth-order valence-corrected chi connectivity index (χ4v) is 4.80. The minimum absolute atomic E-state index is 0.249. The molecule has 0 saturated carbocycles. The van der Waals surface area contributed by atoms with Crippen LogP contribution in [0.15, 0.2) is 48.9 Å². The number of nitrogens with zero attached hydrogens (tertiary/aromatic N) is 3. The van der Waals surface area contributed by atoms with Crippen LogP contribution in [0.4, 0.5) is 17.1 Å². The van der Waals surface area contributed by atoms with Crippen molar-refractivity contribution in [1.82, 2.24) is 20.1 Å². The van der Waals surface area contributed by atoms with Gasteiger partial charge in [0.25, 0.3) is 5.91 Å². The van der Waals surface area contributed by atoms with Crippen molar-refractivity contribution in [3.8, 4) is 0 Å². The minimum Gasteiger partial charge on any atom is -0.379 e. The predicted octanol–water partition coefficient (Wildman–Crippen LogP) is 4.16. The van der Waals surface area contributed by atoms with Gasteiger partial charge >= 0.3 is 0 Å². The number of benzene rings is 1. The molecule has 4 heterocycles. The summed E-state index contributed by atoms with van der Waals surface area (Å²) >= 11 is 1.69. The largest absolute Gasteiger partial charge is 0.379 e. The summed E-state index contributed by atoms with van der Waals surface area (Å²) in [5, 5.41) is 14.2. The molecule has 5 rings (SSSR count). The van der Waals surface area contributed by atoms with Crippen molar-refractivity contribution in [2.75, 3.05) is 36.9 Å². The fraction of sp³-hybridized carbons (Fsp3) is 0.261. The van der Waals surface area contributed by atoms with E-state index in [4.69, 9.17) is 4.74 Å². The van der Waals surface area contributed by atoms with Gasteiger partial charge in [-0.15, -0.1) is 11.3 Å². The Morgan fingerprint density at radius 1 is 1.19 bits per heavy atom. The van der Waals surface area contributed by atoms with E-state index in [2.05, 4.69) is 30.7 Å². The van der Waals surface area contributed by atoms with E-state index in [1.165, 1.54) is 5.56 Å². The highest BCUT2D eigenvalue weighted by Gasteiger charge is 2.17. The molecular formula is C23H24N6O2S. The molecule has 0 spiro atoms. The van der Waals surface area contributed by atoms with E-state index in [0.29, 0.717) is 11.4 Å². The van der Waals surface area contributed by atoms with Crippen LogP contribution in [-0.4, -0.2) is 52.3 Å². The lowest BCUT2D eigenvalue weighted by Gasteiger charge is -2.26. The summed E-state index contributed by atoms with van der Waals surface area (Å²) in [6.45, 7) is 6.39. The third kappa shape index (κ3) is 4.36. The topological polar surface area (TPSA) is 95.2 Å². The molecule has 32 heavy (non-hydrogen) atoms. The van der Waals surface area contributed by atoms with Crippen LogP contribution in [0.2, 0.25) is 0 Å². The number of hydrogen-bond acceptors (Lipinski definition) is 7. The van der Waals surface area contributed by atoms with Gasteiger partial charge in [-0.3, -0.25) is 19.8 Å². The van der Waals surface area contributed by atoms with Gasteiger partial charge in [0.15, 0.2) is 0 Å². The summed E-state index contributed by atoms with van der Waals surface area (Å²) in [6.07, 6.45) is 5.24. The number of carbonyl (C=O) groups excluding carboxylic acids is 1. The smallest absolute Gasteiger partial charge is 0.275 e. The Bertz CT molecular complexity index is 1230. The Balaban J connectivity index is 1.27. The molecule has 0 aliphatic carbocycles. The number of aryl methyl sites for hydroxylation is 1. The number of hydrogen-bond donors (Lipinski definition) is 3. The van der Waals surface area contributed by atoms with Gasteiger partial charge in [0.2, 0.25) is 0 Å². The van der Waals surface area contributed by atoms with Crippen molar-refractivity contribution in [2.45, 2.75) is 13.5 Å². The van der Waals surface area contributed by atoms with Gasteiger partial charge in [0.1, 0.15) is 5.69 Å². The lowest BCUT2D eigenvalue weighted by Crippen LogP contribution is -2.35. The first-order valence-electron chi connectivity index (χ1n) is 10.5. The van der Waals surface area contributed by atoms with E-state index in [1.54, 1.807) is 23.7 Å². The lowest BCUT2D eigenvalue weighted by atomic mass is 10.2. The number of amides is 1. The summed E-state index contributed by atoms with van der Waals surface area (Å²) in [5.41, 5.74) is 3.90. The summed E-state index contributed by atoms with van der Waals surface area (Å²) in [4.78, 5) is 20.6. The van der Waals surface area contributed by atoms with E-state index in [9.17, 15) is 4.79 Å². The highest BCUT2D eigenvalue weighted by Crippen LogP contribution is 2.36. The number of fused-ring (bicyclic) bond motifs is 1. The highest BCUT2D eigenvalue weighted by atomic mass is 32.1. The quantitative estimate of drug-likeness (QED) is 0.410. The number of ether oxygens (including phenoxy) is 1. The Labute approximate surface area is 189 Å². The number of aromatic nitrogens is 3.